The number of aliphatic hydroxyl groups excluding tert-OH is 4. The number of carbonyl (C=O) groups excluding carboxylic acids is 4. The van der Waals surface area contributed by atoms with E-state index >= 15 is 0 Å². The molecule has 22 rings (SSSR count). The summed E-state index contributed by atoms with van der Waals surface area (Å²) in [6.07, 6.45) is 10.4. The highest BCUT2D eigenvalue weighted by molar-refractivity contribution is 5.85. The Morgan fingerprint density at radius 1 is 0.376 bits per heavy atom. The Bertz CT molecular complexity index is 5940. The highest BCUT2D eigenvalue weighted by Crippen LogP contribution is 2.54. The maximum absolute atomic E-state index is 12.4. The Morgan fingerprint density at radius 2 is 0.704 bits per heavy atom. The van der Waals surface area contributed by atoms with Gasteiger partial charge in [-0.2, -0.15) is 19.9 Å². The Balaban J connectivity index is 0.000000109. The lowest BCUT2D eigenvalue weighted by Crippen LogP contribution is -2.30. The summed E-state index contributed by atoms with van der Waals surface area (Å²) >= 11 is 0. The number of amides is 4. The van der Waals surface area contributed by atoms with Gasteiger partial charge in [-0.15, -0.1) is 0 Å². The van der Waals surface area contributed by atoms with Crippen LogP contribution in [-0.2, 0) is 49.6 Å². The molecule has 0 bridgehead atoms. The van der Waals surface area contributed by atoms with Crippen molar-refractivity contribution >= 4 is 23.6 Å². The molecule has 4 aliphatic heterocycles. The number of benzene rings is 8. The van der Waals surface area contributed by atoms with E-state index in [-0.39, 0.29) is 111 Å². The smallest absolute Gasteiger partial charge is 0.262 e. The zero-order valence-electron chi connectivity index (χ0n) is 69.5. The molecule has 4 aromatic heterocycles. The van der Waals surface area contributed by atoms with E-state index in [1.165, 1.54) is 24.0 Å². The van der Waals surface area contributed by atoms with Crippen LogP contribution in [0.1, 0.15) is 134 Å². The normalized spacial score (nSPS) is 20.7. The molecule has 642 valence electrons. The Hall–Kier alpha value is -12.8. The van der Waals surface area contributed by atoms with Crippen molar-refractivity contribution in [3.8, 4) is 114 Å². The molecule has 8 aromatic carbocycles. The molecule has 8 heterocycles. The number of para-hydroxylation sites is 1. The van der Waals surface area contributed by atoms with E-state index in [2.05, 4.69) is 64.8 Å². The minimum atomic E-state index is -0.0342. The topological polar surface area (TPSA) is 364 Å². The van der Waals surface area contributed by atoms with Crippen molar-refractivity contribution in [1.29, 1.82) is 0 Å². The summed E-state index contributed by atoms with van der Waals surface area (Å²) in [6, 6.07) is 54.8. The average molecular weight is 1690 g/mol. The van der Waals surface area contributed by atoms with Crippen LogP contribution >= 0.6 is 0 Å². The first-order chi connectivity index (χ1) is 61.2. The molecule has 4 amide bonds. The first-order valence-corrected chi connectivity index (χ1v) is 43.1. The first kappa shape index (κ1) is 81.8. The zero-order valence-corrected chi connectivity index (χ0v) is 69.5. The quantitative estimate of drug-likeness (QED) is 0.0366. The lowest BCUT2D eigenvalue weighted by Gasteiger charge is -2.24. The van der Waals surface area contributed by atoms with Crippen LogP contribution in [-0.4, -0.2) is 190 Å². The molecular weight excluding hydrogens is 1590 g/mol. The summed E-state index contributed by atoms with van der Waals surface area (Å²) in [6.45, 7) is 6.28. The molecule has 6 fully saturated rings. The van der Waals surface area contributed by atoms with Gasteiger partial charge in [0.15, 0.2) is 6.79 Å². The summed E-state index contributed by atoms with van der Waals surface area (Å²) in [5.74, 6) is 9.21. The predicted molar refractivity (Wildman–Crippen MR) is 454 cm³/mol. The van der Waals surface area contributed by atoms with Crippen molar-refractivity contribution in [2.75, 3.05) is 73.1 Å². The van der Waals surface area contributed by atoms with E-state index < -0.39 is 0 Å². The number of nitrogens with zero attached hydrogens (tertiary/aromatic N) is 12. The van der Waals surface area contributed by atoms with E-state index in [1.54, 1.807) is 16.9 Å². The second kappa shape index (κ2) is 35.4. The second-order valence-corrected chi connectivity index (χ2v) is 33.7. The van der Waals surface area contributed by atoms with Crippen LogP contribution in [0.15, 0.2) is 188 Å². The molecule has 6 aliphatic carbocycles. The molecule has 4 N–H and O–H groups in total. The number of fused-ring (bicyclic) bond motifs is 12. The van der Waals surface area contributed by atoms with Gasteiger partial charge in [-0.1, -0.05) is 106 Å². The molecular formula is C96H96N12O17. The molecule has 0 radical (unpaired) electrons. The number of likely N-dealkylation sites (tertiary alicyclic amines) is 4. The summed E-state index contributed by atoms with van der Waals surface area (Å²) in [4.78, 5) is 75.3. The van der Waals surface area contributed by atoms with Crippen molar-refractivity contribution in [3.63, 3.8) is 0 Å². The molecule has 29 nitrogen and oxygen atoms in total. The molecule has 12 aromatic rings. The van der Waals surface area contributed by atoms with Gasteiger partial charge in [0.2, 0.25) is 46.9 Å². The molecule has 10 aliphatic rings. The highest BCUT2D eigenvalue weighted by Gasteiger charge is 2.51. The molecule has 125 heavy (non-hydrogen) atoms. The van der Waals surface area contributed by atoms with Crippen LogP contribution in [0.2, 0.25) is 0 Å². The van der Waals surface area contributed by atoms with E-state index in [9.17, 15) is 39.6 Å². The van der Waals surface area contributed by atoms with Gasteiger partial charge in [0.25, 0.3) is 23.6 Å². The Morgan fingerprint density at radius 3 is 1.04 bits per heavy atom. The minimum absolute atomic E-state index is 0.0145. The number of hydrogen-bond acceptors (Lipinski definition) is 25. The number of aliphatic hydroxyl groups is 4. The number of rotatable bonds is 26. The third kappa shape index (κ3) is 16.5. The van der Waals surface area contributed by atoms with Gasteiger partial charge >= 0.3 is 0 Å². The van der Waals surface area contributed by atoms with Crippen molar-refractivity contribution in [1.82, 2.24) is 60.2 Å². The second-order valence-electron chi connectivity index (χ2n) is 33.7. The van der Waals surface area contributed by atoms with E-state index in [4.69, 9.17) is 41.8 Å². The number of hydrogen-bond donors (Lipinski definition) is 4. The number of aromatic nitrogens is 8. The van der Waals surface area contributed by atoms with E-state index in [0.717, 1.165) is 135 Å². The van der Waals surface area contributed by atoms with Crippen molar-refractivity contribution in [3.05, 3.63) is 214 Å². The summed E-state index contributed by atoms with van der Waals surface area (Å²) in [7, 11) is 1.57. The molecule has 8 atom stereocenters. The van der Waals surface area contributed by atoms with E-state index in [1.807, 2.05) is 169 Å². The maximum Gasteiger partial charge on any atom is 0.262 e. The fraction of sp³-hybridized carbons (Fsp3) is 0.375. The molecule has 29 heteroatoms. The standard InChI is InChI=1S/C25H25N3O4.C24H23N3O4.C24H25N3O4.C23H23N3O5/c29-11-10-28-22(30)13-17-12-21-19(23(17)28)2-1-3-20(21)24-26-25(32-27-24)16-6-8-18(9-7-16)31-14-15-4-5-15;28-11-10-27-21(29)13-15-12-20-18(22(15)27)2-1-3-19(20)23-25-24(31-26-23)14-4-6-16(7-5-14)30-17-8-9-17;1-14(2)30-20-9-4-3-6-18(20)24-25-23(26-31-24)17-8-5-7-16-19(17)12-15-13-21(29)27(10-11-28)22(15)16;1-29-13-30-16-7-5-14(6-8-16)23-24-22(25-31-23)18-4-2-3-17-19(18)11-15-12-20(28)26(9-10-27)21(15)17/h1-3,6-9,15,17,23,29H,4-5,10-14H2;1-7,15,17,22,28H,8-13H2;3-9,14-15,22,28H,10-13H2,1-2H3;2-8,15,21,27H,9-13H2,1H3. The van der Waals surface area contributed by atoms with Crippen LogP contribution in [0.5, 0.6) is 23.0 Å². The predicted octanol–water partition coefficient (Wildman–Crippen LogP) is 13.5. The van der Waals surface area contributed by atoms with Crippen molar-refractivity contribution in [2.45, 2.75) is 127 Å². The third-order valence-electron chi connectivity index (χ3n) is 25.3. The lowest BCUT2D eigenvalue weighted by molar-refractivity contribution is -0.130. The van der Waals surface area contributed by atoms with E-state index in [0.29, 0.717) is 122 Å². The highest BCUT2D eigenvalue weighted by atomic mass is 16.7. The van der Waals surface area contributed by atoms with Gasteiger partial charge in [0.05, 0.1) is 75.0 Å². The fourth-order valence-corrected chi connectivity index (χ4v) is 19.5. The maximum atomic E-state index is 12.4. The number of carbonyl (C=O) groups is 4. The molecule has 4 saturated heterocycles. The van der Waals surface area contributed by atoms with Gasteiger partial charge in [-0.25, -0.2) is 0 Å². The fourth-order valence-electron chi connectivity index (χ4n) is 19.5. The number of β-amino-alcohol motifs (C(OH)–C–C–N with tert-alkyl or cyclic N) is 4. The Labute approximate surface area is 720 Å². The molecule has 8 unspecified atom stereocenters. The summed E-state index contributed by atoms with van der Waals surface area (Å²) in [5.41, 5.74) is 16.2. The van der Waals surface area contributed by atoms with Crippen LogP contribution in [0.4, 0.5) is 0 Å². The van der Waals surface area contributed by atoms with Crippen LogP contribution in [0.3, 0.4) is 0 Å². The van der Waals surface area contributed by atoms with Crippen LogP contribution in [0.25, 0.3) is 91.4 Å². The molecule has 0 spiro atoms. The summed E-state index contributed by atoms with van der Waals surface area (Å²) in [5, 5.41) is 54.5. The van der Waals surface area contributed by atoms with Gasteiger partial charge in [-0.05, 0) is 224 Å². The zero-order chi connectivity index (χ0) is 85.5. The average Bonchev–Trinajstić information content (AvgIpc) is 1.60. The van der Waals surface area contributed by atoms with Gasteiger partial charge < -0.3 is 81.8 Å². The molecule has 2 saturated carbocycles. The third-order valence-corrected chi connectivity index (χ3v) is 25.3. The minimum Gasteiger partial charge on any atom is -0.493 e. The van der Waals surface area contributed by atoms with Crippen LogP contribution < -0.4 is 18.9 Å². The SMILES string of the molecule is CC(C)Oc1ccccc1-c1nc(-c2cccc3c2CC2CC(=O)N(CCO)C32)no1.COCOc1ccc(-c2nc(-c3cccc4c3CC3CC(=O)N(CCO)C43)no2)cc1.O=C1CC2Cc3c(-c4noc(-c5ccc(OC6CC6)cc5)n4)cccc3C2N1CCO.O=C1CC2Cc3c(-c4noc(-c5ccc(OCC6CC6)cc5)n4)cccc3C2N1CCO. The van der Waals surface area contributed by atoms with Crippen molar-refractivity contribution in [2.24, 2.45) is 29.6 Å². The first-order valence-electron chi connectivity index (χ1n) is 43.1. The van der Waals surface area contributed by atoms with Gasteiger partial charge in [0.1, 0.15) is 23.0 Å². The van der Waals surface area contributed by atoms with Gasteiger partial charge in [0, 0.05) is 97.9 Å². The summed E-state index contributed by atoms with van der Waals surface area (Å²) < 4.78 is 50.1. The number of ether oxygens (including phenoxy) is 5. The lowest BCUT2D eigenvalue weighted by atomic mass is 10.0. The van der Waals surface area contributed by atoms with Crippen molar-refractivity contribution < 1.29 is 81.4 Å². The van der Waals surface area contributed by atoms with Crippen LogP contribution in [0, 0.1) is 29.6 Å². The van der Waals surface area contributed by atoms with Gasteiger partial charge in [-0.3, -0.25) is 19.2 Å². The number of methoxy groups -OCH3 is 1. The largest absolute Gasteiger partial charge is 0.493 e. The monoisotopic (exact) mass is 1690 g/mol. The Kier molecular flexibility index (Phi) is 23.2.